The summed E-state index contributed by atoms with van der Waals surface area (Å²) in [6.07, 6.45) is 5.67. The summed E-state index contributed by atoms with van der Waals surface area (Å²) in [6, 6.07) is 14.8. The lowest BCUT2D eigenvalue weighted by molar-refractivity contribution is -0.137. The zero-order valence-electron chi connectivity index (χ0n) is 21.4. The molecule has 1 saturated heterocycles. The van der Waals surface area contributed by atoms with Gasteiger partial charge in [-0.3, -0.25) is 9.69 Å². The van der Waals surface area contributed by atoms with Gasteiger partial charge in [-0.2, -0.15) is 0 Å². The third kappa shape index (κ3) is 8.96. The Morgan fingerprint density at radius 3 is 2.28 bits per heavy atom. The Labute approximate surface area is 225 Å². The Kier molecular flexibility index (Phi) is 12.4. The van der Waals surface area contributed by atoms with Crippen LogP contribution in [0.4, 0.5) is 11.4 Å². The van der Waals surface area contributed by atoms with E-state index in [0.717, 1.165) is 76.5 Å². The van der Waals surface area contributed by atoms with Crippen LogP contribution in [0.15, 0.2) is 52.3 Å². The van der Waals surface area contributed by atoms with E-state index in [0.29, 0.717) is 6.42 Å². The first-order chi connectivity index (χ1) is 17.5. The van der Waals surface area contributed by atoms with E-state index in [1.807, 2.05) is 17.8 Å². The summed E-state index contributed by atoms with van der Waals surface area (Å²) >= 11 is 8.12. The maximum absolute atomic E-state index is 9.96. The van der Waals surface area contributed by atoms with Gasteiger partial charge in [-0.05, 0) is 49.7 Å². The number of halogens is 1. The first-order valence-electron chi connectivity index (χ1n) is 13.1. The van der Waals surface area contributed by atoms with Crippen LogP contribution in [0.2, 0.25) is 5.02 Å². The Morgan fingerprint density at radius 1 is 0.889 bits per heavy atom. The normalized spacial score (nSPS) is 15.6. The molecule has 0 aromatic heterocycles. The Balaban J connectivity index is 0.000000345. The van der Waals surface area contributed by atoms with E-state index in [1.165, 1.54) is 27.6 Å². The van der Waals surface area contributed by atoms with Crippen molar-refractivity contribution in [3.63, 3.8) is 0 Å². The monoisotopic (exact) mass is 533 g/mol. The number of carboxylic acids is 1. The molecule has 0 amide bonds. The fraction of sp³-hybridized carbons (Fsp3) is 0.536. The summed E-state index contributed by atoms with van der Waals surface area (Å²) < 4.78 is 0. The zero-order valence-corrected chi connectivity index (χ0v) is 22.9. The molecule has 2 aliphatic heterocycles. The predicted octanol–water partition coefficient (Wildman–Crippen LogP) is 5.98. The van der Waals surface area contributed by atoms with Crippen LogP contribution in [0, 0.1) is 0 Å². The number of para-hydroxylation sites is 1. The van der Waals surface area contributed by atoms with Crippen LogP contribution < -0.4 is 4.90 Å². The van der Waals surface area contributed by atoms with Gasteiger partial charge in [0.1, 0.15) is 0 Å². The minimum Gasteiger partial charge on any atom is -0.481 e. The van der Waals surface area contributed by atoms with Crippen LogP contribution >= 0.6 is 23.4 Å². The molecule has 0 spiro atoms. The van der Waals surface area contributed by atoms with Gasteiger partial charge in [-0.15, -0.1) is 0 Å². The van der Waals surface area contributed by atoms with E-state index >= 15 is 0 Å². The van der Waals surface area contributed by atoms with Crippen LogP contribution in [0.25, 0.3) is 0 Å². The molecule has 0 radical (unpaired) electrons. The number of aliphatic carboxylic acids is 1. The Morgan fingerprint density at radius 2 is 1.58 bits per heavy atom. The van der Waals surface area contributed by atoms with Gasteiger partial charge in [0.2, 0.25) is 0 Å². The smallest absolute Gasteiger partial charge is 0.303 e. The number of hydrogen-bond acceptors (Lipinski definition) is 6. The number of aliphatic hydroxyl groups excluding tert-OH is 1. The quantitative estimate of drug-likeness (QED) is 0.344. The number of aliphatic hydroxyl groups is 1. The molecule has 4 rings (SSSR count). The number of rotatable bonds is 11. The van der Waals surface area contributed by atoms with Gasteiger partial charge in [0.05, 0.1) is 18.0 Å². The standard InChI is InChI=1S/C21H26ClN3OS.C7H14O2/c22-17-6-7-21-19(16-17)25(18-4-1-2-5-20(18)27-21)9-3-8-23-10-12-24(13-11-23)14-15-26;1-2-3-4-5-6-7(8)9/h1-2,4-7,16,26H,3,8-15H2;2-6H2,1H3,(H,8,9). The SMILES string of the molecule is CCCCCCC(=O)O.OCCN1CCN(CCCN2c3ccccc3Sc3ccc(Cl)cc32)CC1. The average Bonchev–Trinajstić information content (AvgIpc) is 2.88. The number of nitrogens with zero attached hydrogens (tertiary/aromatic N) is 3. The number of fused-ring (bicyclic) bond motifs is 2. The largest absolute Gasteiger partial charge is 0.481 e. The number of benzene rings is 2. The second-order valence-electron chi connectivity index (χ2n) is 9.30. The molecule has 0 unspecified atom stereocenters. The molecule has 0 aliphatic carbocycles. The number of carbonyl (C=O) groups is 1. The van der Waals surface area contributed by atoms with Gasteiger partial charge in [-0.1, -0.05) is 61.7 Å². The lowest BCUT2D eigenvalue weighted by Crippen LogP contribution is -2.47. The van der Waals surface area contributed by atoms with Crippen molar-refractivity contribution in [3.8, 4) is 0 Å². The highest BCUT2D eigenvalue weighted by molar-refractivity contribution is 7.99. The highest BCUT2D eigenvalue weighted by Gasteiger charge is 2.23. The fourth-order valence-corrected chi connectivity index (χ4v) is 5.82. The topological polar surface area (TPSA) is 67.2 Å². The highest BCUT2D eigenvalue weighted by Crippen LogP contribution is 2.48. The van der Waals surface area contributed by atoms with Crippen LogP contribution in [-0.2, 0) is 4.79 Å². The molecule has 2 aromatic rings. The third-order valence-corrected chi connectivity index (χ3v) is 7.93. The molecular formula is C28H40ClN3O3S. The lowest BCUT2D eigenvalue weighted by atomic mass is 10.2. The van der Waals surface area contributed by atoms with Gasteiger partial charge in [0.15, 0.2) is 0 Å². The molecule has 2 aromatic carbocycles. The van der Waals surface area contributed by atoms with Crippen molar-refractivity contribution >= 4 is 40.7 Å². The van der Waals surface area contributed by atoms with E-state index < -0.39 is 5.97 Å². The summed E-state index contributed by atoms with van der Waals surface area (Å²) in [5.74, 6) is -0.675. The first kappa shape index (κ1) is 28.8. The Hall–Kier alpha value is -1.77. The van der Waals surface area contributed by atoms with Crippen molar-refractivity contribution in [2.24, 2.45) is 0 Å². The average molecular weight is 534 g/mol. The molecule has 36 heavy (non-hydrogen) atoms. The second kappa shape index (κ2) is 15.5. The van der Waals surface area contributed by atoms with Gasteiger partial charge >= 0.3 is 5.97 Å². The number of unbranched alkanes of at least 4 members (excludes halogenated alkanes) is 3. The highest BCUT2D eigenvalue weighted by atomic mass is 35.5. The van der Waals surface area contributed by atoms with Crippen LogP contribution in [0.5, 0.6) is 0 Å². The number of hydrogen-bond donors (Lipinski definition) is 2. The summed E-state index contributed by atoms with van der Waals surface area (Å²) in [7, 11) is 0. The second-order valence-corrected chi connectivity index (χ2v) is 10.8. The van der Waals surface area contributed by atoms with Crippen molar-refractivity contribution in [1.82, 2.24) is 9.80 Å². The van der Waals surface area contributed by atoms with Crippen molar-refractivity contribution in [2.45, 2.75) is 55.2 Å². The Bertz CT molecular complexity index is 953. The van der Waals surface area contributed by atoms with Crippen molar-refractivity contribution in [1.29, 1.82) is 0 Å². The summed E-state index contributed by atoms with van der Waals surface area (Å²) in [4.78, 5) is 19.9. The molecule has 1 fully saturated rings. The van der Waals surface area contributed by atoms with Crippen molar-refractivity contribution in [3.05, 3.63) is 47.5 Å². The zero-order chi connectivity index (χ0) is 25.8. The van der Waals surface area contributed by atoms with Crippen molar-refractivity contribution in [2.75, 3.05) is 57.3 Å². The molecule has 2 N–H and O–H groups in total. The van der Waals surface area contributed by atoms with Crippen LogP contribution in [0.3, 0.4) is 0 Å². The lowest BCUT2D eigenvalue weighted by Gasteiger charge is -2.36. The molecule has 8 heteroatoms. The maximum Gasteiger partial charge on any atom is 0.303 e. The summed E-state index contributed by atoms with van der Waals surface area (Å²) in [6.45, 7) is 9.56. The van der Waals surface area contributed by atoms with E-state index in [2.05, 4.69) is 58.0 Å². The number of β-amino-alcohol motifs (C(OH)–C–C–N with tert-alkyl or cyclic N) is 1. The van der Waals surface area contributed by atoms with Crippen molar-refractivity contribution < 1.29 is 15.0 Å². The fourth-order valence-electron chi connectivity index (χ4n) is 4.58. The van der Waals surface area contributed by atoms with Gasteiger partial charge < -0.3 is 20.0 Å². The number of anilines is 2. The van der Waals surface area contributed by atoms with E-state index in [-0.39, 0.29) is 6.61 Å². The van der Waals surface area contributed by atoms with E-state index in [1.54, 1.807) is 0 Å². The predicted molar refractivity (Wildman–Crippen MR) is 150 cm³/mol. The van der Waals surface area contributed by atoms with Crippen LogP contribution in [0.1, 0.15) is 45.4 Å². The third-order valence-electron chi connectivity index (χ3n) is 6.57. The minimum absolute atomic E-state index is 0.258. The molecule has 6 nitrogen and oxygen atoms in total. The molecule has 0 bridgehead atoms. The van der Waals surface area contributed by atoms with Crippen LogP contribution in [-0.4, -0.2) is 78.4 Å². The van der Waals surface area contributed by atoms with E-state index in [9.17, 15) is 4.79 Å². The molecule has 0 saturated carbocycles. The van der Waals surface area contributed by atoms with E-state index in [4.69, 9.17) is 21.8 Å². The molecular weight excluding hydrogens is 494 g/mol. The number of piperazine rings is 1. The summed E-state index contributed by atoms with van der Waals surface area (Å²) in [5, 5.41) is 18.1. The number of carboxylic acid groups (broad SMARTS) is 1. The molecule has 2 aliphatic rings. The summed E-state index contributed by atoms with van der Waals surface area (Å²) in [5.41, 5.74) is 2.50. The van der Waals surface area contributed by atoms with Gasteiger partial charge in [-0.25, -0.2) is 0 Å². The van der Waals surface area contributed by atoms with Gasteiger partial charge in [0.25, 0.3) is 0 Å². The first-order valence-corrected chi connectivity index (χ1v) is 14.3. The molecule has 0 atom stereocenters. The maximum atomic E-state index is 9.96. The van der Waals surface area contributed by atoms with Gasteiger partial charge in [0, 0.05) is 60.5 Å². The molecule has 198 valence electrons. The molecule has 2 heterocycles. The minimum atomic E-state index is -0.675.